The van der Waals surface area contributed by atoms with Crippen LogP contribution >= 0.6 is 0 Å². The van der Waals surface area contributed by atoms with E-state index in [1.54, 1.807) is 19.0 Å². The molecule has 5 nitrogen and oxygen atoms in total. The number of benzene rings is 1. The predicted octanol–water partition coefficient (Wildman–Crippen LogP) is 2.77. The molecule has 2 aliphatic heterocycles. The third-order valence-electron chi connectivity index (χ3n) is 5.99. The molecule has 1 atom stereocenters. The fraction of sp³-hybridized carbons (Fsp3) is 0.619. The number of likely N-dealkylation sites (tertiary alicyclic amines) is 1. The molecule has 26 heavy (non-hydrogen) atoms. The number of nitrogens with zero attached hydrogens (tertiary/aromatic N) is 2. The van der Waals surface area contributed by atoms with Crippen LogP contribution in [0.3, 0.4) is 0 Å². The van der Waals surface area contributed by atoms with Crippen LogP contribution in [-0.2, 0) is 9.53 Å². The van der Waals surface area contributed by atoms with E-state index < -0.39 is 0 Å². The van der Waals surface area contributed by atoms with E-state index in [1.165, 1.54) is 5.56 Å². The van der Waals surface area contributed by atoms with E-state index in [4.69, 9.17) is 4.74 Å². The van der Waals surface area contributed by atoms with Gasteiger partial charge in [-0.2, -0.15) is 0 Å². The average molecular weight is 358 g/mol. The zero-order valence-electron chi connectivity index (χ0n) is 16.3. The standard InChI is InChI=1S/C21H30N2O3/c1-15(2)16-5-7-17(8-6-16)19(24)23-13-18(20(25)22(3)4)21(14-23)9-11-26-12-10-21/h5-8,15,18H,9-14H2,1-4H3. The van der Waals surface area contributed by atoms with Crippen molar-refractivity contribution in [3.05, 3.63) is 35.4 Å². The molecule has 0 aromatic heterocycles. The minimum Gasteiger partial charge on any atom is -0.381 e. The highest BCUT2D eigenvalue weighted by molar-refractivity contribution is 5.95. The summed E-state index contributed by atoms with van der Waals surface area (Å²) in [6.45, 7) is 6.77. The van der Waals surface area contributed by atoms with E-state index in [2.05, 4.69) is 13.8 Å². The molecule has 2 fully saturated rings. The molecule has 0 bridgehead atoms. The van der Waals surface area contributed by atoms with Crippen LogP contribution in [0.5, 0.6) is 0 Å². The van der Waals surface area contributed by atoms with Gasteiger partial charge in [0.15, 0.2) is 0 Å². The molecule has 2 saturated heterocycles. The van der Waals surface area contributed by atoms with Crippen molar-refractivity contribution in [2.24, 2.45) is 11.3 Å². The molecule has 1 aromatic rings. The Balaban J connectivity index is 1.82. The van der Waals surface area contributed by atoms with Gasteiger partial charge in [-0.3, -0.25) is 9.59 Å². The molecule has 142 valence electrons. The lowest BCUT2D eigenvalue weighted by Crippen LogP contribution is -2.44. The Morgan fingerprint density at radius 1 is 1.15 bits per heavy atom. The van der Waals surface area contributed by atoms with Crippen LogP contribution in [0, 0.1) is 11.3 Å². The van der Waals surface area contributed by atoms with Gasteiger partial charge >= 0.3 is 0 Å². The molecular formula is C21H30N2O3. The fourth-order valence-electron chi connectivity index (χ4n) is 4.25. The van der Waals surface area contributed by atoms with E-state index in [0.717, 1.165) is 12.8 Å². The molecule has 2 amide bonds. The van der Waals surface area contributed by atoms with Crippen molar-refractivity contribution in [3.8, 4) is 0 Å². The summed E-state index contributed by atoms with van der Waals surface area (Å²) in [7, 11) is 3.59. The van der Waals surface area contributed by atoms with Gasteiger partial charge in [-0.05, 0) is 36.5 Å². The molecule has 3 rings (SSSR count). The number of rotatable bonds is 3. The monoisotopic (exact) mass is 358 g/mol. The first-order valence-electron chi connectivity index (χ1n) is 9.52. The van der Waals surface area contributed by atoms with Gasteiger partial charge in [0.1, 0.15) is 0 Å². The van der Waals surface area contributed by atoms with Crippen molar-refractivity contribution in [2.75, 3.05) is 40.4 Å². The van der Waals surface area contributed by atoms with Crippen LogP contribution in [0.2, 0.25) is 0 Å². The van der Waals surface area contributed by atoms with Crippen LogP contribution in [-0.4, -0.2) is 62.0 Å². The lowest BCUT2D eigenvalue weighted by Gasteiger charge is -2.37. The van der Waals surface area contributed by atoms with Gasteiger partial charge in [0, 0.05) is 51.4 Å². The van der Waals surface area contributed by atoms with Crippen LogP contribution in [0.1, 0.15) is 48.5 Å². The van der Waals surface area contributed by atoms with Crippen molar-refractivity contribution in [1.82, 2.24) is 9.80 Å². The number of hydrogen-bond acceptors (Lipinski definition) is 3. The maximum atomic E-state index is 13.1. The number of hydrogen-bond donors (Lipinski definition) is 0. The van der Waals surface area contributed by atoms with Crippen LogP contribution in [0.25, 0.3) is 0 Å². The minimum atomic E-state index is -0.146. The van der Waals surface area contributed by atoms with Gasteiger partial charge in [0.05, 0.1) is 5.92 Å². The predicted molar refractivity (Wildman–Crippen MR) is 101 cm³/mol. The fourth-order valence-corrected chi connectivity index (χ4v) is 4.25. The molecule has 1 aromatic carbocycles. The normalized spacial score (nSPS) is 22.0. The first-order valence-corrected chi connectivity index (χ1v) is 9.52. The molecule has 5 heteroatoms. The van der Waals surface area contributed by atoms with Gasteiger partial charge in [-0.25, -0.2) is 0 Å². The maximum absolute atomic E-state index is 13.1. The number of carbonyl (C=O) groups is 2. The van der Waals surface area contributed by atoms with Crippen LogP contribution in [0.15, 0.2) is 24.3 Å². The van der Waals surface area contributed by atoms with E-state index in [0.29, 0.717) is 37.8 Å². The summed E-state index contributed by atoms with van der Waals surface area (Å²) in [5, 5.41) is 0. The first kappa shape index (κ1) is 18.9. The summed E-state index contributed by atoms with van der Waals surface area (Å²) in [5.41, 5.74) is 1.78. The first-order chi connectivity index (χ1) is 12.3. The smallest absolute Gasteiger partial charge is 0.253 e. The molecule has 0 radical (unpaired) electrons. The van der Waals surface area contributed by atoms with E-state index in [-0.39, 0.29) is 23.1 Å². The molecule has 1 unspecified atom stereocenters. The van der Waals surface area contributed by atoms with Crippen molar-refractivity contribution in [2.45, 2.75) is 32.6 Å². The Morgan fingerprint density at radius 3 is 2.31 bits per heavy atom. The van der Waals surface area contributed by atoms with Gasteiger partial charge < -0.3 is 14.5 Å². The second-order valence-corrected chi connectivity index (χ2v) is 8.22. The van der Waals surface area contributed by atoms with E-state index >= 15 is 0 Å². The molecule has 0 saturated carbocycles. The summed E-state index contributed by atoms with van der Waals surface area (Å²) in [6, 6.07) is 7.88. The molecule has 2 aliphatic rings. The highest BCUT2D eigenvalue weighted by atomic mass is 16.5. The highest BCUT2D eigenvalue weighted by Gasteiger charge is 2.52. The Labute approximate surface area is 156 Å². The second kappa shape index (κ2) is 7.39. The molecule has 0 N–H and O–H groups in total. The maximum Gasteiger partial charge on any atom is 0.253 e. The molecule has 2 heterocycles. The molecular weight excluding hydrogens is 328 g/mol. The number of ether oxygens (including phenoxy) is 1. The minimum absolute atomic E-state index is 0.0280. The second-order valence-electron chi connectivity index (χ2n) is 8.22. The van der Waals surface area contributed by atoms with Crippen LogP contribution < -0.4 is 0 Å². The molecule has 0 aliphatic carbocycles. The average Bonchev–Trinajstić information content (AvgIpc) is 2.99. The van der Waals surface area contributed by atoms with E-state index in [1.807, 2.05) is 29.2 Å². The highest BCUT2D eigenvalue weighted by Crippen LogP contribution is 2.45. The zero-order valence-corrected chi connectivity index (χ0v) is 16.3. The van der Waals surface area contributed by atoms with Crippen molar-refractivity contribution >= 4 is 11.8 Å². The summed E-state index contributed by atoms with van der Waals surface area (Å²) < 4.78 is 5.53. The van der Waals surface area contributed by atoms with Gasteiger partial charge in [0.25, 0.3) is 5.91 Å². The number of amides is 2. The third-order valence-corrected chi connectivity index (χ3v) is 5.99. The summed E-state index contributed by atoms with van der Waals surface area (Å²) >= 11 is 0. The SMILES string of the molecule is CC(C)c1ccc(C(=O)N2CC(C(=O)N(C)C)C3(CCOCC3)C2)cc1. The van der Waals surface area contributed by atoms with Gasteiger partial charge in [0.2, 0.25) is 5.91 Å². The Morgan fingerprint density at radius 2 is 1.77 bits per heavy atom. The van der Waals surface area contributed by atoms with Gasteiger partial charge in [-0.1, -0.05) is 26.0 Å². The number of carbonyl (C=O) groups excluding carboxylic acids is 2. The largest absolute Gasteiger partial charge is 0.381 e. The topological polar surface area (TPSA) is 49.9 Å². The lowest BCUT2D eigenvalue weighted by molar-refractivity contribution is -0.138. The van der Waals surface area contributed by atoms with E-state index in [9.17, 15) is 9.59 Å². The third kappa shape index (κ3) is 3.50. The summed E-state index contributed by atoms with van der Waals surface area (Å²) in [6.07, 6.45) is 1.68. The Hall–Kier alpha value is -1.88. The van der Waals surface area contributed by atoms with Crippen molar-refractivity contribution < 1.29 is 14.3 Å². The van der Waals surface area contributed by atoms with Gasteiger partial charge in [-0.15, -0.1) is 0 Å². The summed E-state index contributed by atoms with van der Waals surface area (Å²) in [4.78, 5) is 29.4. The Bertz CT molecular complexity index is 660. The van der Waals surface area contributed by atoms with Crippen molar-refractivity contribution in [1.29, 1.82) is 0 Å². The lowest BCUT2D eigenvalue weighted by atomic mass is 9.71. The zero-order chi connectivity index (χ0) is 18.9. The summed E-state index contributed by atoms with van der Waals surface area (Å²) in [5.74, 6) is 0.455. The van der Waals surface area contributed by atoms with Crippen LogP contribution in [0.4, 0.5) is 0 Å². The Kier molecular flexibility index (Phi) is 5.37. The van der Waals surface area contributed by atoms with Crippen molar-refractivity contribution in [3.63, 3.8) is 0 Å². The molecule has 1 spiro atoms. The quantitative estimate of drug-likeness (QED) is 0.835.